The standard InChI is InChI=1S/C23H22N4O/c1-3-19-13-24-15-26(19)21-9-5-17(6-10-21)23(28)18-7-11-22(12-8-18)27-16-25-14-20(27)4-2/h5-16H,3-4H2,1-2H3. The summed E-state index contributed by atoms with van der Waals surface area (Å²) in [6, 6.07) is 15.3. The minimum absolute atomic E-state index is 0.0146. The average Bonchev–Trinajstić information content (AvgIpc) is 3.42. The van der Waals surface area contributed by atoms with Crippen LogP contribution >= 0.6 is 0 Å². The van der Waals surface area contributed by atoms with Crippen LogP contribution in [-0.2, 0) is 12.8 Å². The van der Waals surface area contributed by atoms with Crippen LogP contribution in [-0.4, -0.2) is 24.9 Å². The van der Waals surface area contributed by atoms with Crippen molar-refractivity contribution in [3.05, 3.63) is 96.1 Å². The summed E-state index contributed by atoms with van der Waals surface area (Å²) in [4.78, 5) is 21.3. The van der Waals surface area contributed by atoms with E-state index in [9.17, 15) is 4.79 Å². The highest BCUT2D eigenvalue weighted by molar-refractivity contribution is 6.09. The van der Waals surface area contributed by atoms with Crippen LogP contribution in [0.4, 0.5) is 0 Å². The highest BCUT2D eigenvalue weighted by atomic mass is 16.1. The molecule has 2 aromatic carbocycles. The Hall–Kier alpha value is -3.47. The maximum Gasteiger partial charge on any atom is 0.193 e. The molecule has 2 aromatic heterocycles. The van der Waals surface area contributed by atoms with Crippen LogP contribution in [0.25, 0.3) is 11.4 Å². The van der Waals surface area contributed by atoms with Crippen molar-refractivity contribution in [2.45, 2.75) is 26.7 Å². The second kappa shape index (κ2) is 7.64. The molecule has 0 aliphatic rings. The molecular formula is C23H22N4O. The van der Waals surface area contributed by atoms with E-state index in [4.69, 9.17) is 0 Å². The van der Waals surface area contributed by atoms with Gasteiger partial charge in [0.25, 0.3) is 0 Å². The van der Waals surface area contributed by atoms with Gasteiger partial charge in [0.2, 0.25) is 0 Å². The molecular weight excluding hydrogens is 348 g/mol. The number of rotatable bonds is 6. The molecule has 0 bridgehead atoms. The molecule has 4 aromatic rings. The predicted octanol–water partition coefficient (Wildman–Crippen LogP) is 4.41. The molecule has 0 aliphatic heterocycles. The van der Waals surface area contributed by atoms with Gasteiger partial charge in [-0.1, -0.05) is 13.8 Å². The van der Waals surface area contributed by atoms with Gasteiger partial charge < -0.3 is 9.13 Å². The molecule has 0 N–H and O–H groups in total. The summed E-state index contributed by atoms with van der Waals surface area (Å²) in [7, 11) is 0. The Bertz CT molecular complexity index is 1000. The third-order valence-corrected chi connectivity index (χ3v) is 4.97. The molecule has 0 unspecified atom stereocenters. The number of carbonyl (C=O) groups is 1. The number of aromatic nitrogens is 4. The van der Waals surface area contributed by atoms with Crippen LogP contribution in [0.5, 0.6) is 0 Å². The molecule has 0 atom stereocenters. The van der Waals surface area contributed by atoms with Crippen LogP contribution in [0, 0.1) is 0 Å². The summed E-state index contributed by atoms with van der Waals surface area (Å²) in [5.74, 6) is 0.0146. The number of carbonyl (C=O) groups excluding carboxylic acids is 1. The first-order chi connectivity index (χ1) is 13.7. The first-order valence-electron chi connectivity index (χ1n) is 9.49. The number of ketones is 1. The first kappa shape index (κ1) is 17.9. The summed E-state index contributed by atoms with van der Waals surface area (Å²) in [6.45, 7) is 4.20. The van der Waals surface area contributed by atoms with Crippen LogP contribution in [0.15, 0.2) is 73.6 Å². The lowest BCUT2D eigenvalue weighted by Gasteiger charge is -2.09. The van der Waals surface area contributed by atoms with Crippen molar-refractivity contribution in [2.75, 3.05) is 0 Å². The number of imidazole rings is 2. The molecule has 0 aliphatic carbocycles. The summed E-state index contributed by atoms with van der Waals surface area (Å²) >= 11 is 0. The van der Waals surface area contributed by atoms with E-state index < -0.39 is 0 Å². The number of aryl methyl sites for hydroxylation is 2. The van der Waals surface area contributed by atoms with Crippen molar-refractivity contribution in [2.24, 2.45) is 0 Å². The van der Waals surface area contributed by atoms with Crippen LogP contribution in [0.2, 0.25) is 0 Å². The third kappa shape index (κ3) is 3.27. The van der Waals surface area contributed by atoms with Crippen LogP contribution < -0.4 is 0 Å². The van der Waals surface area contributed by atoms with Crippen molar-refractivity contribution >= 4 is 5.78 Å². The Labute approximate surface area is 164 Å². The topological polar surface area (TPSA) is 52.7 Å². The Balaban J connectivity index is 1.56. The second-order valence-corrected chi connectivity index (χ2v) is 6.64. The molecule has 0 saturated carbocycles. The van der Waals surface area contributed by atoms with E-state index in [0.29, 0.717) is 11.1 Å². The van der Waals surface area contributed by atoms with Gasteiger partial charge >= 0.3 is 0 Å². The Morgan fingerprint density at radius 2 is 1.11 bits per heavy atom. The van der Waals surface area contributed by atoms with E-state index in [-0.39, 0.29) is 5.78 Å². The zero-order valence-electron chi connectivity index (χ0n) is 16.0. The average molecular weight is 370 g/mol. The lowest BCUT2D eigenvalue weighted by molar-refractivity contribution is 0.103. The van der Waals surface area contributed by atoms with Gasteiger partial charge in [-0.25, -0.2) is 9.97 Å². The lowest BCUT2D eigenvalue weighted by Crippen LogP contribution is -2.04. The summed E-state index contributed by atoms with van der Waals surface area (Å²) < 4.78 is 4.08. The van der Waals surface area contributed by atoms with Crippen molar-refractivity contribution in [3.63, 3.8) is 0 Å². The molecule has 0 spiro atoms. The number of nitrogens with zero attached hydrogens (tertiary/aromatic N) is 4. The van der Waals surface area contributed by atoms with E-state index in [0.717, 1.165) is 35.6 Å². The SMILES string of the molecule is CCc1cncn1-c1ccc(C(=O)c2ccc(-n3cncc3CC)cc2)cc1. The maximum atomic E-state index is 12.8. The molecule has 0 saturated heterocycles. The van der Waals surface area contributed by atoms with E-state index in [1.165, 1.54) is 0 Å². The monoisotopic (exact) mass is 370 g/mol. The van der Waals surface area contributed by atoms with Gasteiger partial charge in [0.1, 0.15) is 0 Å². The minimum Gasteiger partial charge on any atom is -0.303 e. The van der Waals surface area contributed by atoms with Crippen molar-refractivity contribution < 1.29 is 4.79 Å². The fourth-order valence-corrected chi connectivity index (χ4v) is 3.35. The first-order valence-corrected chi connectivity index (χ1v) is 9.49. The predicted molar refractivity (Wildman–Crippen MR) is 109 cm³/mol. The second-order valence-electron chi connectivity index (χ2n) is 6.64. The Morgan fingerprint density at radius 3 is 1.46 bits per heavy atom. The molecule has 0 radical (unpaired) electrons. The smallest absolute Gasteiger partial charge is 0.193 e. The van der Waals surface area contributed by atoms with Crippen molar-refractivity contribution in [1.29, 1.82) is 0 Å². The highest BCUT2D eigenvalue weighted by Gasteiger charge is 2.11. The third-order valence-electron chi connectivity index (χ3n) is 4.97. The van der Waals surface area contributed by atoms with Gasteiger partial charge in [-0.3, -0.25) is 4.79 Å². The molecule has 140 valence electrons. The molecule has 0 amide bonds. The summed E-state index contributed by atoms with van der Waals surface area (Å²) in [5.41, 5.74) is 5.64. The highest BCUT2D eigenvalue weighted by Crippen LogP contribution is 2.18. The van der Waals surface area contributed by atoms with Crippen LogP contribution in [0.1, 0.15) is 41.2 Å². The largest absolute Gasteiger partial charge is 0.303 e. The Kier molecular flexibility index (Phi) is 4.89. The van der Waals surface area contributed by atoms with E-state index >= 15 is 0 Å². The van der Waals surface area contributed by atoms with Gasteiger partial charge in [-0.15, -0.1) is 0 Å². The molecule has 2 heterocycles. The molecule has 28 heavy (non-hydrogen) atoms. The maximum absolute atomic E-state index is 12.8. The van der Waals surface area contributed by atoms with Gasteiger partial charge in [-0.2, -0.15) is 0 Å². The summed E-state index contributed by atoms with van der Waals surface area (Å²) in [6.07, 6.45) is 9.15. The zero-order chi connectivity index (χ0) is 19.5. The van der Waals surface area contributed by atoms with Crippen molar-refractivity contribution in [3.8, 4) is 11.4 Å². The van der Waals surface area contributed by atoms with Crippen molar-refractivity contribution in [1.82, 2.24) is 19.1 Å². The van der Waals surface area contributed by atoms with Gasteiger partial charge in [0, 0.05) is 46.3 Å². The lowest BCUT2D eigenvalue weighted by atomic mass is 10.0. The molecule has 4 rings (SSSR count). The molecule has 0 fully saturated rings. The van der Waals surface area contributed by atoms with E-state index in [2.05, 4.69) is 23.8 Å². The molecule has 5 nitrogen and oxygen atoms in total. The van der Waals surface area contributed by atoms with Crippen LogP contribution in [0.3, 0.4) is 0 Å². The quantitative estimate of drug-likeness (QED) is 0.472. The zero-order valence-corrected chi connectivity index (χ0v) is 16.0. The Morgan fingerprint density at radius 1 is 0.714 bits per heavy atom. The number of hydrogen-bond donors (Lipinski definition) is 0. The fraction of sp³-hybridized carbons (Fsp3) is 0.174. The minimum atomic E-state index is 0.0146. The number of benzene rings is 2. The summed E-state index contributed by atoms with van der Waals surface area (Å²) in [5, 5.41) is 0. The van der Waals surface area contributed by atoms with E-state index in [1.54, 1.807) is 12.7 Å². The van der Waals surface area contributed by atoms with Gasteiger partial charge in [0.15, 0.2) is 5.78 Å². The van der Waals surface area contributed by atoms with E-state index in [1.807, 2.05) is 70.1 Å². The molecule has 5 heteroatoms. The number of hydrogen-bond acceptors (Lipinski definition) is 3. The van der Waals surface area contributed by atoms with Gasteiger partial charge in [0.05, 0.1) is 12.7 Å². The fourth-order valence-electron chi connectivity index (χ4n) is 3.35. The normalized spacial score (nSPS) is 10.9. The van der Waals surface area contributed by atoms with Gasteiger partial charge in [-0.05, 0) is 61.4 Å².